The zero-order chi connectivity index (χ0) is 18.6. The van der Waals surface area contributed by atoms with Crippen molar-refractivity contribution >= 4 is 29.2 Å². The van der Waals surface area contributed by atoms with Gasteiger partial charge in [-0.05, 0) is 38.5 Å². The van der Waals surface area contributed by atoms with Crippen LogP contribution >= 0.6 is 11.6 Å². The average Bonchev–Trinajstić information content (AvgIpc) is 2.86. The molecule has 0 aliphatic carbocycles. The van der Waals surface area contributed by atoms with Crippen molar-refractivity contribution in [1.29, 1.82) is 0 Å². The molecule has 0 spiro atoms. The van der Waals surface area contributed by atoms with E-state index in [0.717, 1.165) is 0 Å². The molecule has 1 aromatic heterocycles. The van der Waals surface area contributed by atoms with Gasteiger partial charge >= 0.3 is 0 Å². The Labute approximate surface area is 151 Å². The Morgan fingerprint density at radius 3 is 2.20 bits per heavy atom. The third-order valence-corrected chi connectivity index (χ3v) is 4.16. The summed E-state index contributed by atoms with van der Waals surface area (Å²) >= 11 is 5.96. The predicted octanol–water partition coefficient (Wildman–Crippen LogP) is 2.65. The number of benzene rings is 1. The van der Waals surface area contributed by atoms with Crippen molar-refractivity contribution in [2.24, 2.45) is 0 Å². The van der Waals surface area contributed by atoms with E-state index in [1.165, 1.54) is 6.92 Å². The number of hydrogen-bond acceptors (Lipinski definition) is 3. The van der Waals surface area contributed by atoms with Gasteiger partial charge in [-0.3, -0.25) is 14.4 Å². The summed E-state index contributed by atoms with van der Waals surface area (Å²) in [5, 5.41) is 5.78. The van der Waals surface area contributed by atoms with Gasteiger partial charge in [0.05, 0.1) is 10.6 Å². The summed E-state index contributed by atoms with van der Waals surface area (Å²) in [5.74, 6) is -0.706. The Balaban J connectivity index is 1.89. The van der Waals surface area contributed by atoms with Crippen molar-refractivity contribution in [3.8, 4) is 0 Å². The monoisotopic (exact) mass is 361 g/mol. The second-order valence-electron chi connectivity index (χ2n) is 5.67. The van der Waals surface area contributed by atoms with Crippen LogP contribution in [0.2, 0.25) is 5.02 Å². The summed E-state index contributed by atoms with van der Waals surface area (Å²) in [7, 11) is 0. The van der Waals surface area contributed by atoms with Gasteiger partial charge < -0.3 is 15.6 Å². The quantitative estimate of drug-likeness (QED) is 0.545. The lowest BCUT2D eigenvalue weighted by Gasteiger charge is -2.08. The summed E-state index contributed by atoms with van der Waals surface area (Å²) in [6.07, 6.45) is 0. The number of carbonyl (C=O) groups is 3. The summed E-state index contributed by atoms with van der Waals surface area (Å²) in [4.78, 5) is 38.8. The number of Topliss-reactive ketones (excluding diaryl/α,β-unsaturated/α-hetero) is 1. The SMILES string of the molecule is CC(=O)c1c(C)[nH]c(C(=O)NCCNC(=O)c2ccccc2Cl)c1C. The van der Waals surface area contributed by atoms with E-state index in [1.807, 2.05) is 0 Å². The molecular formula is C18H20ClN3O3. The Bertz CT molecular complexity index is 827. The number of aryl methyl sites for hydroxylation is 1. The third kappa shape index (κ3) is 4.28. The Morgan fingerprint density at radius 1 is 1.04 bits per heavy atom. The molecule has 0 aliphatic rings. The van der Waals surface area contributed by atoms with Crippen molar-refractivity contribution in [3.63, 3.8) is 0 Å². The summed E-state index contributed by atoms with van der Waals surface area (Å²) in [6, 6.07) is 6.74. The van der Waals surface area contributed by atoms with E-state index in [2.05, 4.69) is 15.6 Å². The molecule has 0 fully saturated rings. The molecule has 7 heteroatoms. The molecular weight excluding hydrogens is 342 g/mol. The maximum Gasteiger partial charge on any atom is 0.268 e. The van der Waals surface area contributed by atoms with Crippen LogP contribution in [0, 0.1) is 13.8 Å². The molecule has 2 rings (SSSR count). The lowest BCUT2D eigenvalue weighted by Crippen LogP contribution is -2.35. The second kappa shape index (κ2) is 7.98. The van der Waals surface area contributed by atoms with E-state index in [9.17, 15) is 14.4 Å². The van der Waals surface area contributed by atoms with Crippen LogP contribution in [0.1, 0.15) is 49.4 Å². The second-order valence-corrected chi connectivity index (χ2v) is 6.08. The van der Waals surface area contributed by atoms with Crippen molar-refractivity contribution in [2.75, 3.05) is 13.1 Å². The minimum atomic E-state index is -0.319. The maximum absolute atomic E-state index is 12.2. The van der Waals surface area contributed by atoms with Gasteiger partial charge in [0.2, 0.25) is 0 Å². The highest BCUT2D eigenvalue weighted by Gasteiger charge is 2.19. The van der Waals surface area contributed by atoms with E-state index >= 15 is 0 Å². The van der Waals surface area contributed by atoms with Crippen LogP contribution in [-0.2, 0) is 0 Å². The molecule has 25 heavy (non-hydrogen) atoms. The van der Waals surface area contributed by atoms with Crippen LogP contribution < -0.4 is 10.6 Å². The molecule has 0 saturated heterocycles. The largest absolute Gasteiger partial charge is 0.354 e. The van der Waals surface area contributed by atoms with Gasteiger partial charge in [-0.15, -0.1) is 0 Å². The first kappa shape index (κ1) is 18.7. The van der Waals surface area contributed by atoms with Gasteiger partial charge in [0.15, 0.2) is 5.78 Å². The van der Waals surface area contributed by atoms with Crippen LogP contribution in [0.15, 0.2) is 24.3 Å². The lowest BCUT2D eigenvalue weighted by molar-refractivity contribution is 0.0925. The fraction of sp³-hybridized carbons (Fsp3) is 0.278. The molecule has 6 nitrogen and oxygen atoms in total. The van der Waals surface area contributed by atoms with E-state index in [-0.39, 0.29) is 30.7 Å². The number of carbonyl (C=O) groups excluding carboxylic acids is 3. The van der Waals surface area contributed by atoms with Crippen molar-refractivity contribution in [1.82, 2.24) is 15.6 Å². The molecule has 2 aromatic rings. The Kier molecular flexibility index (Phi) is 5.98. The molecule has 0 unspecified atom stereocenters. The first-order chi connectivity index (χ1) is 11.8. The summed E-state index contributed by atoms with van der Waals surface area (Å²) in [6.45, 7) is 5.46. The Morgan fingerprint density at radius 2 is 1.64 bits per heavy atom. The van der Waals surface area contributed by atoms with Crippen LogP contribution in [0.3, 0.4) is 0 Å². The highest BCUT2D eigenvalue weighted by atomic mass is 35.5. The van der Waals surface area contributed by atoms with Crippen LogP contribution in [0.25, 0.3) is 0 Å². The number of nitrogens with one attached hydrogen (secondary N) is 3. The number of ketones is 1. The number of amides is 2. The van der Waals surface area contributed by atoms with E-state index in [4.69, 9.17) is 11.6 Å². The fourth-order valence-corrected chi connectivity index (χ4v) is 2.91. The topological polar surface area (TPSA) is 91.1 Å². The molecule has 0 bridgehead atoms. The summed E-state index contributed by atoms with van der Waals surface area (Å²) < 4.78 is 0. The number of aromatic nitrogens is 1. The molecule has 0 aliphatic heterocycles. The highest BCUT2D eigenvalue weighted by Crippen LogP contribution is 2.18. The molecule has 132 valence electrons. The molecule has 0 saturated carbocycles. The summed E-state index contributed by atoms with van der Waals surface area (Å²) in [5.41, 5.74) is 2.58. The first-order valence-corrected chi connectivity index (χ1v) is 8.21. The highest BCUT2D eigenvalue weighted by molar-refractivity contribution is 6.33. The molecule has 0 atom stereocenters. The number of hydrogen-bond donors (Lipinski definition) is 3. The predicted molar refractivity (Wildman–Crippen MR) is 96.4 cm³/mol. The van der Waals surface area contributed by atoms with Gasteiger partial charge in [0, 0.05) is 24.3 Å². The maximum atomic E-state index is 12.2. The average molecular weight is 362 g/mol. The van der Waals surface area contributed by atoms with Gasteiger partial charge in [0.25, 0.3) is 11.8 Å². The van der Waals surface area contributed by atoms with E-state index < -0.39 is 0 Å². The van der Waals surface area contributed by atoms with Crippen LogP contribution in [0.5, 0.6) is 0 Å². The Hall–Kier alpha value is -2.60. The first-order valence-electron chi connectivity index (χ1n) is 7.84. The van der Waals surface area contributed by atoms with Crippen LogP contribution in [-0.4, -0.2) is 35.7 Å². The van der Waals surface area contributed by atoms with Crippen molar-refractivity contribution < 1.29 is 14.4 Å². The molecule has 3 N–H and O–H groups in total. The van der Waals surface area contributed by atoms with Gasteiger partial charge in [-0.25, -0.2) is 0 Å². The zero-order valence-corrected chi connectivity index (χ0v) is 15.1. The van der Waals surface area contributed by atoms with Crippen molar-refractivity contribution in [2.45, 2.75) is 20.8 Å². The number of rotatable bonds is 6. The normalized spacial score (nSPS) is 10.4. The van der Waals surface area contributed by atoms with Crippen molar-refractivity contribution in [3.05, 3.63) is 57.4 Å². The minimum Gasteiger partial charge on any atom is -0.354 e. The van der Waals surface area contributed by atoms with Gasteiger partial charge in [-0.1, -0.05) is 23.7 Å². The van der Waals surface area contributed by atoms with Gasteiger partial charge in [0.1, 0.15) is 5.69 Å². The number of H-pyrrole nitrogens is 1. The third-order valence-electron chi connectivity index (χ3n) is 3.83. The van der Waals surface area contributed by atoms with E-state index in [0.29, 0.717) is 33.1 Å². The zero-order valence-electron chi connectivity index (χ0n) is 14.3. The molecule has 1 heterocycles. The van der Waals surface area contributed by atoms with E-state index in [1.54, 1.807) is 38.1 Å². The molecule has 2 amide bonds. The van der Waals surface area contributed by atoms with Crippen LogP contribution in [0.4, 0.5) is 0 Å². The molecule has 1 aromatic carbocycles. The smallest absolute Gasteiger partial charge is 0.268 e. The number of halogens is 1. The lowest BCUT2D eigenvalue weighted by atomic mass is 10.1. The van der Waals surface area contributed by atoms with Gasteiger partial charge in [-0.2, -0.15) is 0 Å². The number of aromatic amines is 1. The standard InChI is InChI=1S/C18H20ClN3O3/c1-10-15(12(3)23)11(2)22-16(10)18(25)21-9-8-20-17(24)13-6-4-5-7-14(13)19/h4-7,22H,8-9H2,1-3H3,(H,20,24)(H,21,25). The molecule has 0 radical (unpaired) electrons. The minimum absolute atomic E-state index is 0.0858. The fourth-order valence-electron chi connectivity index (χ4n) is 2.69.